The number of benzene rings is 10. The van der Waals surface area contributed by atoms with Gasteiger partial charge in [-0.2, -0.15) is 0 Å². The maximum atomic E-state index is 2.47. The fourth-order valence-corrected chi connectivity index (χ4v) is 11.1. The molecule has 0 aromatic heterocycles. The molecule has 12 rings (SSSR count). The minimum Gasteiger partial charge on any atom is -0.310 e. The number of para-hydroxylation sites is 2. The summed E-state index contributed by atoms with van der Waals surface area (Å²) in [5, 5.41) is 0. The van der Waals surface area contributed by atoms with Crippen LogP contribution in [0.3, 0.4) is 0 Å². The van der Waals surface area contributed by atoms with Crippen molar-refractivity contribution in [1.82, 2.24) is 0 Å². The minimum atomic E-state index is -0.479. The van der Waals surface area contributed by atoms with Crippen LogP contribution in [0.15, 0.2) is 255 Å². The van der Waals surface area contributed by atoms with Crippen LogP contribution in [0.5, 0.6) is 0 Å². The van der Waals surface area contributed by atoms with Crippen LogP contribution in [0.25, 0.3) is 44.5 Å². The van der Waals surface area contributed by atoms with E-state index in [9.17, 15) is 0 Å². The molecular formula is C63H45N. The first-order valence-corrected chi connectivity index (χ1v) is 22.3. The Morgan fingerprint density at radius 3 is 1.34 bits per heavy atom. The molecule has 0 saturated heterocycles. The zero-order chi connectivity index (χ0) is 42.7. The largest absolute Gasteiger partial charge is 0.310 e. The molecule has 0 fully saturated rings. The van der Waals surface area contributed by atoms with Crippen LogP contribution in [-0.4, -0.2) is 0 Å². The molecule has 302 valence electrons. The summed E-state index contributed by atoms with van der Waals surface area (Å²) < 4.78 is 0. The minimum absolute atomic E-state index is 0.251. The third kappa shape index (κ3) is 5.71. The molecule has 0 radical (unpaired) electrons. The van der Waals surface area contributed by atoms with Crippen molar-refractivity contribution in [2.45, 2.75) is 17.8 Å². The van der Waals surface area contributed by atoms with E-state index in [4.69, 9.17) is 0 Å². The van der Waals surface area contributed by atoms with Gasteiger partial charge >= 0.3 is 0 Å². The summed E-state index contributed by atoms with van der Waals surface area (Å²) >= 11 is 0. The van der Waals surface area contributed by atoms with Gasteiger partial charge in [0, 0.05) is 22.4 Å². The lowest BCUT2D eigenvalue weighted by atomic mass is 9.67. The Morgan fingerprint density at radius 1 is 0.281 bits per heavy atom. The van der Waals surface area contributed by atoms with Crippen LogP contribution in [0, 0.1) is 0 Å². The highest BCUT2D eigenvalue weighted by Crippen LogP contribution is 2.57. The second-order valence-electron chi connectivity index (χ2n) is 17.3. The Morgan fingerprint density at radius 2 is 0.703 bits per heavy atom. The molecule has 0 amide bonds. The molecule has 2 aliphatic rings. The molecule has 2 aliphatic carbocycles. The van der Waals surface area contributed by atoms with Gasteiger partial charge in [-0.1, -0.05) is 212 Å². The Bertz CT molecular complexity index is 3280. The van der Waals surface area contributed by atoms with E-state index in [1.54, 1.807) is 0 Å². The average molecular weight is 816 g/mol. The Kier molecular flexibility index (Phi) is 8.91. The summed E-state index contributed by atoms with van der Waals surface area (Å²) in [6, 6.07) is 94.0. The van der Waals surface area contributed by atoms with Crippen LogP contribution >= 0.6 is 0 Å². The van der Waals surface area contributed by atoms with Gasteiger partial charge in [0.15, 0.2) is 0 Å². The molecule has 0 saturated carbocycles. The van der Waals surface area contributed by atoms with Crippen molar-refractivity contribution in [3.8, 4) is 44.5 Å². The normalized spacial score (nSPS) is 15.1. The van der Waals surface area contributed by atoms with Gasteiger partial charge in [-0.05, 0) is 127 Å². The lowest BCUT2D eigenvalue weighted by Crippen LogP contribution is -2.28. The molecule has 0 bridgehead atoms. The molecule has 0 heterocycles. The van der Waals surface area contributed by atoms with Crippen molar-refractivity contribution in [2.24, 2.45) is 0 Å². The number of nitrogens with zero attached hydrogens (tertiary/aromatic N) is 1. The summed E-state index contributed by atoms with van der Waals surface area (Å²) in [6.45, 7) is 2.39. The molecule has 1 unspecified atom stereocenters. The van der Waals surface area contributed by atoms with E-state index >= 15 is 0 Å². The number of hydrogen-bond donors (Lipinski definition) is 0. The van der Waals surface area contributed by atoms with Crippen LogP contribution in [0.1, 0.15) is 45.9 Å². The van der Waals surface area contributed by atoms with Crippen molar-refractivity contribution in [3.05, 3.63) is 294 Å². The first-order valence-electron chi connectivity index (χ1n) is 22.3. The molecule has 1 atom stereocenters. The van der Waals surface area contributed by atoms with Crippen molar-refractivity contribution in [2.75, 3.05) is 4.90 Å². The van der Waals surface area contributed by atoms with Gasteiger partial charge in [0.05, 0.1) is 11.1 Å². The molecule has 1 heteroatoms. The van der Waals surface area contributed by atoms with Gasteiger partial charge < -0.3 is 4.90 Å². The highest BCUT2D eigenvalue weighted by Gasteiger charge is 2.46. The summed E-state index contributed by atoms with van der Waals surface area (Å²) in [6.07, 6.45) is 0. The standard InChI is InChI=1S/C63H45N/c1-62(47-20-6-2-7-21-47)57-31-17-14-29-53(57)55-40-36-45(42-59(55)62)44-34-38-51(39-35-44)64(50-26-12-5-13-27-50)61-33-19-16-28-52(61)46-37-41-56-54-30-15-18-32-58(54)63(60(56)43-46,48-22-8-3-9-23-48)49-24-10-4-11-25-49/h2-43H,1H3. The topological polar surface area (TPSA) is 3.24 Å². The van der Waals surface area contributed by atoms with Crippen molar-refractivity contribution < 1.29 is 0 Å². The summed E-state index contributed by atoms with van der Waals surface area (Å²) in [5.41, 5.74) is 21.7. The maximum Gasteiger partial charge on any atom is 0.0713 e. The van der Waals surface area contributed by atoms with Gasteiger partial charge in [0.2, 0.25) is 0 Å². The van der Waals surface area contributed by atoms with Gasteiger partial charge in [0.1, 0.15) is 0 Å². The highest BCUT2D eigenvalue weighted by molar-refractivity contribution is 5.93. The van der Waals surface area contributed by atoms with E-state index in [1.165, 1.54) is 83.5 Å². The number of hydrogen-bond acceptors (Lipinski definition) is 1. The monoisotopic (exact) mass is 815 g/mol. The molecule has 64 heavy (non-hydrogen) atoms. The van der Waals surface area contributed by atoms with Crippen molar-refractivity contribution >= 4 is 17.1 Å². The number of rotatable bonds is 8. The molecule has 10 aromatic carbocycles. The summed E-state index contributed by atoms with van der Waals surface area (Å²) in [7, 11) is 0. The first kappa shape index (κ1) is 37.7. The fourth-order valence-electron chi connectivity index (χ4n) is 11.1. The average Bonchev–Trinajstić information content (AvgIpc) is 3.82. The number of anilines is 3. The van der Waals surface area contributed by atoms with E-state index in [0.29, 0.717) is 0 Å². The van der Waals surface area contributed by atoms with E-state index in [1.807, 2.05) is 0 Å². The fraction of sp³-hybridized carbons (Fsp3) is 0.0476. The zero-order valence-corrected chi connectivity index (χ0v) is 35.7. The molecule has 10 aromatic rings. The lowest BCUT2D eigenvalue weighted by molar-refractivity contribution is 0.714. The Balaban J connectivity index is 0.981. The highest BCUT2D eigenvalue weighted by atomic mass is 15.1. The SMILES string of the molecule is CC1(c2ccccc2)c2ccccc2-c2ccc(-c3ccc(N(c4ccccc4)c4ccccc4-c4ccc5c(c4)C(c4ccccc4)(c4ccccc4)c4ccccc4-5)cc3)cc21. The molecule has 0 spiro atoms. The van der Waals surface area contributed by atoms with Crippen LogP contribution in [0.4, 0.5) is 17.1 Å². The van der Waals surface area contributed by atoms with E-state index in [2.05, 4.69) is 267 Å². The van der Waals surface area contributed by atoms with Gasteiger partial charge in [0.25, 0.3) is 0 Å². The van der Waals surface area contributed by atoms with Crippen LogP contribution in [0.2, 0.25) is 0 Å². The zero-order valence-electron chi connectivity index (χ0n) is 35.7. The van der Waals surface area contributed by atoms with E-state index < -0.39 is 5.41 Å². The molecule has 0 N–H and O–H groups in total. The Labute approximate surface area is 376 Å². The molecule has 1 nitrogen and oxygen atoms in total. The Hall–Kier alpha value is -8.00. The molecule has 0 aliphatic heterocycles. The lowest BCUT2D eigenvalue weighted by Gasteiger charge is -2.34. The third-order valence-electron chi connectivity index (χ3n) is 14.1. The van der Waals surface area contributed by atoms with E-state index in [0.717, 1.165) is 17.1 Å². The first-order chi connectivity index (χ1) is 31.6. The maximum absolute atomic E-state index is 2.47. The predicted molar refractivity (Wildman–Crippen MR) is 267 cm³/mol. The number of fused-ring (bicyclic) bond motifs is 6. The van der Waals surface area contributed by atoms with E-state index in [-0.39, 0.29) is 5.41 Å². The quantitative estimate of drug-likeness (QED) is 0.148. The van der Waals surface area contributed by atoms with Crippen LogP contribution in [-0.2, 0) is 10.8 Å². The van der Waals surface area contributed by atoms with Crippen molar-refractivity contribution in [3.63, 3.8) is 0 Å². The summed E-state index contributed by atoms with van der Waals surface area (Å²) in [4.78, 5) is 2.41. The third-order valence-corrected chi connectivity index (χ3v) is 14.1. The summed E-state index contributed by atoms with van der Waals surface area (Å²) in [5.74, 6) is 0. The second kappa shape index (κ2) is 15.1. The van der Waals surface area contributed by atoms with Gasteiger partial charge in [-0.25, -0.2) is 0 Å². The predicted octanol–water partition coefficient (Wildman–Crippen LogP) is 16.2. The van der Waals surface area contributed by atoms with Crippen LogP contribution < -0.4 is 4.90 Å². The smallest absolute Gasteiger partial charge is 0.0713 e. The van der Waals surface area contributed by atoms with Gasteiger partial charge in [-0.15, -0.1) is 0 Å². The van der Waals surface area contributed by atoms with Gasteiger partial charge in [-0.3, -0.25) is 0 Å². The molecular weight excluding hydrogens is 771 g/mol. The second-order valence-corrected chi connectivity index (χ2v) is 17.3. The van der Waals surface area contributed by atoms with Crippen molar-refractivity contribution in [1.29, 1.82) is 0 Å².